The fourth-order valence-electron chi connectivity index (χ4n) is 3.00. The van der Waals surface area contributed by atoms with E-state index >= 15 is 0 Å². The second-order valence-electron chi connectivity index (χ2n) is 6.24. The molecule has 6 nitrogen and oxygen atoms in total. The largest absolute Gasteiger partial charge is 0.465 e. The Morgan fingerprint density at radius 3 is 2.70 bits per heavy atom. The molecule has 1 fully saturated rings. The van der Waals surface area contributed by atoms with Gasteiger partial charge in [-0.2, -0.15) is 0 Å². The van der Waals surface area contributed by atoms with E-state index in [0.29, 0.717) is 10.5 Å². The topological polar surface area (TPSA) is 76.7 Å². The van der Waals surface area contributed by atoms with Crippen LogP contribution in [0.3, 0.4) is 0 Å². The Kier molecular flexibility index (Phi) is 6.51. The first kappa shape index (κ1) is 19.9. The third-order valence-corrected chi connectivity index (χ3v) is 6.48. The zero-order chi connectivity index (χ0) is 19.4. The van der Waals surface area contributed by atoms with Crippen molar-refractivity contribution in [2.24, 2.45) is 0 Å². The number of rotatable bonds is 5. The van der Waals surface area contributed by atoms with E-state index in [1.165, 1.54) is 25.4 Å². The van der Waals surface area contributed by atoms with Gasteiger partial charge in [0.25, 0.3) is 0 Å². The highest BCUT2D eigenvalue weighted by atomic mass is 79.9. The highest BCUT2D eigenvalue weighted by Crippen LogP contribution is 2.46. The molecule has 0 bridgehead atoms. The molecule has 0 radical (unpaired) electrons. The maximum absolute atomic E-state index is 12.1. The second kappa shape index (κ2) is 8.86. The van der Waals surface area contributed by atoms with Gasteiger partial charge in [-0.1, -0.05) is 12.1 Å². The van der Waals surface area contributed by atoms with Gasteiger partial charge in [0.05, 0.1) is 16.5 Å². The predicted octanol–water partition coefficient (Wildman–Crippen LogP) is 4.05. The van der Waals surface area contributed by atoms with Crippen molar-refractivity contribution >= 4 is 44.9 Å². The minimum Gasteiger partial charge on any atom is -0.465 e. The average molecular weight is 453 g/mol. The molecule has 0 atom stereocenters. The lowest BCUT2D eigenvalue weighted by Gasteiger charge is -2.24. The number of carbonyl (C=O) groups excluding carboxylic acids is 2. The van der Waals surface area contributed by atoms with E-state index in [4.69, 9.17) is 9.47 Å². The van der Waals surface area contributed by atoms with Crippen LogP contribution < -0.4 is 15.4 Å². The van der Waals surface area contributed by atoms with Crippen LogP contribution in [0.5, 0.6) is 5.75 Å². The Morgan fingerprint density at radius 1 is 1.30 bits per heavy atom. The van der Waals surface area contributed by atoms with Crippen LogP contribution in [-0.4, -0.2) is 38.2 Å². The summed E-state index contributed by atoms with van der Waals surface area (Å²) in [5.41, 5.74) is 1.95. The van der Waals surface area contributed by atoms with E-state index in [2.05, 4.69) is 26.6 Å². The van der Waals surface area contributed by atoms with Crippen LogP contribution >= 0.6 is 27.3 Å². The molecule has 1 aliphatic heterocycles. The number of thiophene rings is 1. The molecule has 1 aromatic heterocycles. The number of carbonyl (C=O) groups is 2. The van der Waals surface area contributed by atoms with Gasteiger partial charge in [0.1, 0.15) is 0 Å². The molecule has 1 saturated heterocycles. The van der Waals surface area contributed by atoms with Crippen molar-refractivity contribution in [1.82, 2.24) is 5.32 Å². The lowest BCUT2D eigenvalue weighted by molar-refractivity contribution is -0.131. The lowest BCUT2D eigenvalue weighted by atomic mass is 10.1. The molecular weight excluding hydrogens is 432 g/mol. The number of hydrogen-bond donors (Lipinski definition) is 2. The SMILES string of the molecule is COC(=O)c1sc(-c2cccc(NC3CCNCC3)c2)c(Br)c1OC(C)=O. The van der Waals surface area contributed by atoms with Crippen LogP contribution in [0.25, 0.3) is 10.4 Å². The molecule has 0 saturated carbocycles. The summed E-state index contributed by atoms with van der Waals surface area (Å²) in [5, 5.41) is 6.93. The quantitative estimate of drug-likeness (QED) is 0.666. The number of anilines is 1. The monoisotopic (exact) mass is 452 g/mol. The first-order valence-electron chi connectivity index (χ1n) is 8.66. The third-order valence-electron chi connectivity index (χ3n) is 4.26. The van der Waals surface area contributed by atoms with Crippen LogP contribution in [0, 0.1) is 0 Å². The smallest absolute Gasteiger partial charge is 0.351 e. The molecule has 8 heteroatoms. The highest BCUT2D eigenvalue weighted by Gasteiger charge is 2.26. The number of benzene rings is 1. The van der Waals surface area contributed by atoms with Gasteiger partial charge < -0.3 is 20.1 Å². The van der Waals surface area contributed by atoms with Gasteiger partial charge in [-0.05, 0) is 59.6 Å². The Bertz CT molecular complexity index is 846. The summed E-state index contributed by atoms with van der Waals surface area (Å²) in [6.07, 6.45) is 2.16. The normalized spacial score (nSPS) is 14.6. The van der Waals surface area contributed by atoms with Gasteiger partial charge in [0.2, 0.25) is 0 Å². The Hall–Kier alpha value is -1.90. The molecule has 2 heterocycles. The van der Waals surface area contributed by atoms with Crippen LogP contribution in [-0.2, 0) is 9.53 Å². The molecule has 0 spiro atoms. The summed E-state index contributed by atoms with van der Waals surface area (Å²) in [6, 6.07) is 8.44. The lowest BCUT2D eigenvalue weighted by Crippen LogP contribution is -2.35. The van der Waals surface area contributed by atoms with Crippen LogP contribution in [0.15, 0.2) is 28.7 Å². The van der Waals surface area contributed by atoms with Gasteiger partial charge in [0, 0.05) is 18.7 Å². The number of piperidine rings is 1. The van der Waals surface area contributed by atoms with Crippen molar-refractivity contribution in [3.8, 4) is 16.2 Å². The fraction of sp³-hybridized carbons (Fsp3) is 0.368. The van der Waals surface area contributed by atoms with Crippen molar-refractivity contribution in [2.75, 3.05) is 25.5 Å². The van der Waals surface area contributed by atoms with Crippen molar-refractivity contribution in [1.29, 1.82) is 0 Å². The van der Waals surface area contributed by atoms with Crippen LogP contribution in [0.1, 0.15) is 29.4 Å². The van der Waals surface area contributed by atoms with Gasteiger partial charge >= 0.3 is 11.9 Å². The van der Waals surface area contributed by atoms with E-state index in [1.54, 1.807) is 0 Å². The summed E-state index contributed by atoms with van der Waals surface area (Å²) >= 11 is 4.72. The predicted molar refractivity (Wildman–Crippen MR) is 110 cm³/mol. The molecule has 0 unspecified atom stereocenters. The highest BCUT2D eigenvalue weighted by molar-refractivity contribution is 9.10. The van der Waals surface area contributed by atoms with Gasteiger partial charge in [-0.3, -0.25) is 4.79 Å². The molecule has 144 valence electrons. The van der Waals surface area contributed by atoms with Crippen molar-refractivity contribution in [2.45, 2.75) is 25.8 Å². The first-order valence-corrected chi connectivity index (χ1v) is 10.3. The average Bonchev–Trinajstić information content (AvgIpc) is 2.98. The van der Waals surface area contributed by atoms with Gasteiger partial charge in [-0.25, -0.2) is 4.79 Å². The number of halogens is 1. The van der Waals surface area contributed by atoms with E-state index in [9.17, 15) is 9.59 Å². The van der Waals surface area contributed by atoms with Crippen LogP contribution in [0.4, 0.5) is 5.69 Å². The molecular formula is C19H21BrN2O4S. The zero-order valence-corrected chi connectivity index (χ0v) is 17.5. The number of hydrogen-bond acceptors (Lipinski definition) is 7. The van der Waals surface area contributed by atoms with E-state index in [-0.39, 0.29) is 10.6 Å². The Morgan fingerprint density at radius 2 is 2.04 bits per heavy atom. The Balaban J connectivity index is 1.93. The van der Waals surface area contributed by atoms with E-state index < -0.39 is 11.9 Å². The molecule has 3 rings (SSSR count). The van der Waals surface area contributed by atoms with Crippen molar-refractivity contribution in [3.63, 3.8) is 0 Å². The van der Waals surface area contributed by atoms with Crippen LogP contribution in [0.2, 0.25) is 0 Å². The first-order chi connectivity index (χ1) is 13.0. The maximum Gasteiger partial charge on any atom is 0.351 e. The van der Waals surface area contributed by atoms with Gasteiger partial charge in [0.15, 0.2) is 10.6 Å². The summed E-state index contributed by atoms with van der Waals surface area (Å²) < 4.78 is 10.7. The second-order valence-corrected chi connectivity index (χ2v) is 8.05. The molecule has 0 amide bonds. The number of ether oxygens (including phenoxy) is 2. The summed E-state index contributed by atoms with van der Waals surface area (Å²) in [6.45, 7) is 3.33. The van der Waals surface area contributed by atoms with Gasteiger partial charge in [-0.15, -0.1) is 11.3 Å². The molecule has 2 aromatic rings. The minimum absolute atomic E-state index is 0.200. The van der Waals surface area contributed by atoms with Crippen molar-refractivity contribution in [3.05, 3.63) is 33.6 Å². The standard InChI is InChI=1S/C19H21BrN2O4S/c1-11(23)26-16-15(20)17(27-18(16)19(24)25-2)12-4-3-5-14(10-12)22-13-6-8-21-9-7-13/h3-5,10,13,21-22H,6-9H2,1-2H3. The summed E-state index contributed by atoms with van der Waals surface area (Å²) in [5.74, 6) is -0.829. The maximum atomic E-state index is 12.1. The minimum atomic E-state index is -0.535. The summed E-state index contributed by atoms with van der Waals surface area (Å²) in [4.78, 5) is 24.6. The molecule has 27 heavy (non-hydrogen) atoms. The molecule has 1 aliphatic rings. The Labute approximate surface area is 170 Å². The molecule has 1 aromatic carbocycles. The number of esters is 2. The zero-order valence-electron chi connectivity index (χ0n) is 15.1. The van der Waals surface area contributed by atoms with E-state index in [0.717, 1.165) is 42.1 Å². The number of nitrogens with one attached hydrogen (secondary N) is 2. The fourth-order valence-corrected chi connectivity index (χ4v) is 4.91. The third kappa shape index (κ3) is 4.69. The molecule has 2 N–H and O–H groups in total. The van der Waals surface area contributed by atoms with E-state index in [1.807, 2.05) is 24.3 Å². The summed E-state index contributed by atoms with van der Waals surface area (Å²) in [7, 11) is 1.30. The number of methoxy groups -OCH3 is 1. The molecule has 0 aliphatic carbocycles. The van der Waals surface area contributed by atoms with Crippen molar-refractivity contribution < 1.29 is 19.1 Å².